The van der Waals surface area contributed by atoms with E-state index < -0.39 is 12.1 Å². The number of likely N-dealkylation sites (N-methyl/N-ethyl adjacent to an activating group) is 1. The van der Waals surface area contributed by atoms with Crippen molar-refractivity contribution < 1.29 is 19.4 Å². The van der Waals surface area contributed by atoms with E-state index in [2.05, 4.69) is 5.32 Å². The Morgan fingerprint density at radius 3 is 2.59 bits per heavy atom. The van der Waals surface area contributed by atoms with E-state index in [1.165, 1.54) is 11.9 Å². The van der Waals surface area contributed by atoms with Gasteiger partial charge in [0.05, 0.1) is 12.1 Å². The van der Waals surface area contributed by atoms with Crippen LogP contribution in [-0.4, -0.2) is 41.1 Å². The molecule has 6 nitrogen and oxygen atoms in total. The van der Waals surface area contributed by atoms with Crippen LogP contribution in [0.5, 0.6) is 11.5 Å². The molecule has 2 aliphatic rings. The number of carbonyl (C=O) groups excluding carboxylic acids is 1. The highest BCUT2D eigenvalue weighted by Crippen LogP contribution is 2.43. The van der Waals surface area contributed by atoms with Crippen LogP contribution < -0.4 is 14.8 Å². The minimum atomic E-state index is -0.781. The van der Waals surface area contributed by atoms with Crippen LogP contribution in [0.2, 0.25) is 0 Å². The van der Waals surface area contributed by atoms with E-state index in [1.54, 1.807) is 6.92 Å². The zero-order valence-electron chi connectivity index (χ0n) is 16.4. The smallest absolute Gasteiger partial charge is 0.268 e. The first kappa shape index (κ1) is 19.7. The summed E-state index contributed by atoms with van der Waals surface area (Å²) in [5, 5.41) is 13.5. The van der Waals surface area contributed by atoms with Crippen molar-refractivity contribution in [1.82, 2.24) is 9.62 Å². The van der Waals surface area contributed by atoms with Crippen LogP contribution in [0.3, 0.4) is 0 Å². The summed E-state index contributed by atoms with van der Waals surface area (Å²) in [5.74, 6) is 1.21. The zero-order chi connectivity index (χ0) is 20.4. The molecule has 2 heterocycles. The lowest BCUT2D eigenvalue weighted by atomic mass is 10.0. The Labute approximate surface area is 174 Å². The number of nitrogens with one attached hydrogen (secondary N) is 1. The number of benzene rings is 2. The number of aliphatic hydroxyl groups is 1. The molecule has 0 saturated carbocycles. The lowest BCUT2D eigenvalue weighted by Crippen LogP contribution is -2.41. The first-order chi connectivity index (χ1) is 14.1. The van der Waals surface area contributed by atoms with Crippen LogP contribution in [0.4, 0.5) is 0 Å². The molecule has 0 bridgehead atoms. The maximum Gasteiger partial charge on any atom is 0.268 e. The van der Waals surface area contributed by atoms with Crippen LogP contribution in [0.1, 0.15) is 31.1 Å². The molecule has 2 atom stereocenters. The molecule has 4 rings (SSSR count). The number of ether oxygens (including phenoxy) is 2. The second-order valence-electron chi connectivity index (χ2n) is 6.97. The van der Waals surface area contributed by atoms with Gasteiger partial charge in [0.1, 0.15) is 18.9 Å². The standard InChI is InChI=1S/C22H24N2O4S/c1-3-24-17(22(26)23-14(2)21(25)15-7-5-4-6-8-15)11-16-12-18-19(13-20(16)29-24)28-10-9-27-18/h4-8,11-14,21,25H,3,9-10H2,1-2H3,(H,23,26)/t14-,21?/m0/s1. The van der Waals surface area contributed by atoms with E-state index in [9.17, 15) is 9.90 Å². The van der Waals surface area contributed by atoms with Crippen LogP contribution in [-0.2, 0) is 4.79 Å². The van der Waals surface area contributed by atoms with E-state index in [0.717, 1.165) is 21.8 Å². The third-order valence-electron chi connectivity index (χ3n) is 4.94. The number of nitrogens with zero attached hydrogens (tertiary/aromatic N) is 1. The largest absolute Gasteiger partial charge is 0.486 e. The highest BCUT2D eigenvalue weighted by Gasteiger charge is 2.28. The molecule has 1 amide bonds. The average Bonchev–Trinajstić information content (AvgIpc) is 2.76. The normalized spacial score (nSPS) is 17.1. The van der Waals surface area contributed by atoms with Crippen molar-refractivity contribution in [3.63, 3.8) is 0 Å². The molecule has 7 heteroatoms. The quantitative estimate of drug-likeness (QED) is 0.734. The summed E-state index contributed by atoms with van der Waals surface area (Å²) >= 11 is 1.50. The molecule has 2 aliphatic heterocycles. The minimum Gasteiger partial charge on any atom is -0.486 e. The molecule has 0 fully saturated rings. The summed E-state index contributed by atoms with van der Waals surface area (Å²) in [6.45, 7) is 5.52. The van der Waals surface area contributed by atoms with Gasteiger partial charge < -0.3 is 24.2 Å². The van der Waals surface area contributed by atoms with Gasteiger partial charge in [0.2, 0.25) is 0 Å². The van der Waals surface area contributed by atoms with Gasteiger partial charge in [-0.15, -0.1) is 0 Å². The molecular formula is C22H24N2O4S. The van der Waals surface area contributed by atoms with E-state index in [0.29, 0.717) is 31.2 Å². The molecule has 0 radical (unpaired) electrons. The molecule has 29 heavy (non-hydrogen) atoms. The summed E-state index contributed by atoms with van der Waals surface area (Å²) in [7, 11) is 0. The molecule has 2 aromatic rings. The van der Waals surface area contributed by atoms with Crippen molar-refractivity contribution in [2.45, 2.75) is 30.9 Å². The number of hydrogen-bond donors (Lipinski definition) is 2. The fraction of sp³-hybridized carbons (Fsp3) is 0.318. The van der Waals surface area contributed by atoms with Gasteiger partial charge >= 0.3 is 0 Å². The van der Waals surface area contributed by atoms with E-state index in [-0.39, 0.29) is 5.91 Å². The molecule has 0 saturated heterocycles. The highest BCUT2D eigenvalue weighted by molar-refractivity contribution is 7.97. The predicted molar refractivity (Wildman–Crippen MR) is 113 cm³/mol. The van der Waals surface area contributed by atoms with Crippen molar-refractivity contribution in [2.24, 2.45) is 0 Å². The molecule has 0 aromatic heterocycles. The van der Waals surface area contributed by atoms with Gasteiger partial charge in [0.25, 0.3) is 5.91 Å². The van der Waals surface area contributed by atoms with Gasteiger partial charge in [-0.05, 0) is 55.1 Å². The highest BCUT2D eigenvalue weighted by atomic mass is 32.2. The Morgan fingerprint density at radius 1 is 1.21 bits per heavy atom. The van der Waals surface area contributed by atoms with Gasteiger partial charge in [-0.2, -0.15) is 0 Å². The zero-order valence-corrected chi connectivity index (χ0v) is 17.2. The Kier molecular flexibility index (Phi) is 5.69. The number of carbonyl (C=O) groups is 1. The number of aliphatic hydroxyl groups excluding tert-OH is 1. The first-order valence-electron chi connectivity index (χ1n) is 9.71. The first-order valence-corrected chi connectivity index (χ1v) is 10.5. The maximum absolute atomic E-state index is 13.0. The summed E-state index contributed by atoms with van der Waals surface area (Å²) in [6.07, 6.45) is 1.08. The fourth-order valence-corrected chi connectivity index (χ4v) is 4.36. The van der Waals surface area contributed by atoms with E-state index >= 15 is 0 Å². The average molecular weight is 413 g/mol. The fourth-order valence-electron chi connectivity index (χ4n) is 3.38. The van der Waals surface area contributed by atoms with Crippen LogP contribution in [0, 0.1) is 0 Å². The molecule has 2 N–H and O–H groups in total. The van der Waals surface area contributed by atoms with Crippen molar-refractivity contribution >= 4 is 23.9 Å². The Hall–Kier alpha value is -2.64. The number of amides is 1. The molecule has 2 aromatic carbocycles. The Morgan fingerprint density at radius 2 is 1.90 bits per heavy atom. The van der Waals surface area contributed by atoms with E-state index in [4.69, 9.17) is 9.47 Å². The van der Waals surface area contributed by atoms with Crippen molar-refractivity contribution in [3.8, 4) is 11.5 Å². The lowest BCUT2D eigenvalue weighted by Gasteiger charge is -2.31. The monoisotopic (exact) mass is 412 g/mol. The third-order valence-corrected chi connectivity index (χ3v) is 6.16. The summed E-state index contributed by atoms with van der Waals surface area (Å²) in [4.78, 5) is 14.0. The van der Waals surface area contributed by atoms with Gasteiger partial charge in [-0.3, -0.25) is 4.79 Å². The van der Waals surface area contributed by atoms with Gasteiger partial charge in [-0.1, -0.05) is 30.3 Å². The van der Waals surface area contributed by atoms with Crippen LogP contribution in [0.15, 0.2) is 53.1 Å². The van der Waals surface area contributed by atoms with Gasteiger partial charge in [0.15, 0.2) is 11.5 Å². The van der Waals surface area contributed by atoms with Crippen LogP contribution in [0.25, 0.3) is 6.08 Å². The second kappa shape index (κ2) is 8.39. The number of rotatable bonds is 5. The maximum atomic E-state index is 13.0. The Bertz CT molecular complexity index is 932. The van der Waals surface area contributed by atoms with Crippen molar-refractivity contribution in [1.29, 1.82) is 0 Å². The molecule has 1 unspecified atom stereocenters. The summed E-state index contributed by atoms with van der Waals surface area (Å²) in [5.41, 5.74) is 2.24. The van der Waals surface area contributed by atoms with Crippen molar-refractivity contribution in [3.05, 3.63) is 59.3 Å². The number of fused-ring (bicyclic) bond motifs is 2. The summed E-state index contributed by atoms with van der Waals surface area (Å²) < 4.78 is 13.3. The molecule has 0 aliphatic carbocycles. The van der Waals surface area contributed by atoms with Crippen molar-refractivity contribution in [2.75, 3.05) is 19.8 Å². The predicted octanol–water partition coefficient (Wildman–Crippen LogP) is 3.38. The van der Waals surface area contributed by atoms with Gasteiger partial charge in [0, 0.05) is 11.4 Å². The third kappa shape index (κ3) is 4.06. The molecular weight excluding hydrogens is 388 g/mol. The Balaban J connectivity index is 1.56. The lowest BCUT2D eigenvalue weighted by molar-refractivity contribution is -0.119. The van der Waals surface area contributed by atoms with E-state index in [1.807, 2.05) is 59.8 Å². The SMILES string of the molecule is CCN1Sc2cc3c(cc2C=C1C(=O)N[C@@H](C)C(O)c1ccccc1)OCCO3. The molecule has 152 valence electrons. The van der Waals surface area contributed by atoms with Crippen LogP contribution >= 0.6 is 11.9 Å². The summed E-state index contributed by atoms with van der Waals surface area (Å²) in [6, 6.07) is 12.8. The molecule has 0 spiro atoms. The second-order valence-corrected chi connectivity index (χ2v) is 8.03. The number of hydrogen-bond acceptors (Lipinski definition) is 6. The van der Waals surface area contributed by atoms with Gasteiger partial charge in [-0.25, -0.2) is 0 Å². The topological polar surface area (TPSA) is 71.0 Å². The minimum absolute atomic E-state index is 0.220.